The molecule has 0 unspecified atom stereocenters. The summed E-state index contributed by atoms with van der Waals surface area (Å²) >= 11 is 6.91. The van der Waals surface area contributed by atoms with Crippen LogP contribution in [0.4, 0.5) is 11.5 Å². The van der Waals surface area contributed by atoms with Crippen LogP contribution in [0.5, 0.6) is 0 Å². The number of anilines is 2. The molecule has 3 heterocycles. The van der Waals surface area contributed by atoms with E-state index in [-0.39, 0.29) is 17.0 Å². The molecule has 2 saturated heterocycles. The maximum absolute atomic E-state index is 13.6. The van der Waals surface area contributed by atoms with Crippen LogP contribution in [0.3, 0.4) is 0 Å². The van der Waals surface area contributed by atoms with Crippen LogP contribution in [0.2, 0.25) is 0 Å². The molecule has 2 aliphatic heterocycles. The van der Waals surface area contributed by atoms with E-state index in [1.165, 1.54) is 17.4 Å². The topological polar surface area (TPSA) is 72.6 Å². The lowest BCUT2D eigenvalue weighted by Crippen LogP contribution is -2.48. The van der Waals surface area contributed by atoms with Crippen molar-refractivity contribution in [2.24, 2.45) is 0 Å². The van der Waals surface area contributed by atoms with Crippen LogP contribution in [0.15, 0.2) is 40.0 Å². The van der Waals surface area contributed by atoms with Gasteiger partial charge in [-0.15, -0.1) is 0 Å². The number of pyridine rings is 1. The maximum Gasteiger partial charge on any atom is 0.270 e. The van der Waals surface area contributed by atoms with Crippen molar-refractivity contribution < 1.29 is 4.79 Å². The molecule has 1 amide bonds. The fourth-order valence-electron chi connectivity index (χ4n) is 5.34. The Morgan fingerprint density at radius 2 is 1.62 bits per heavy atom. The zero-order valence-corrected chi connectivity index (χ0v) is 25.5. The van der Waals surface area contributed by atoms with Crippen LogP contribution < -0.4 is 15.4 Å². The second-order valence-corrected chi connectivity index (χ2v) is 12.0. The Kier molecular flexibility index (Phi) is 10.5. The number of nitriles is 1. The Balaban J connectivity index is 1.73. The Morgan fingerprint density at radius 3 is 2.27 bits per heavy atom. The van der Waals surface area contributed by atoms with Gasteiger partial charge in [0.15, 0.2) is 0 Å². The van der Waals surface area contributed by atoms with Gasteiger partial charge in [0, 0.05) is 50.5 Å². The molecule has 2 aliphatic rings. The van der Waals surface area contributed by atoms with Crippen LogP contribution in [-0.4, -0.2) is 52.4 Å². The van der Waals surface area contributed by atoms with E-state index in [0.717, 1.165) is 76.1 Å². The molecule has 2 fully saturated rings. The maximum atomic E-state index is 13.6. The average Bonchev–Trinajstić information content (AvgIpc) is 3.24. The normalized spacial score (nSPS) is 16.8. The number of hydrogen-bond donors (Lipinski definition) is 0. The van der Waals surface area contributed by atoms with Gasteiger partial charge in [-0.2, -0.15) is 5.26 Å². The van der Waals surface area contributed by atoms with Crippen molar-refractivity contribution in [1.29, 1.82) is 5.26 Å². The summed E-state index contributed by atoms with van der Waals surface area (Å²) in [6.07, 6.45) is 7.89. The molecule has 4 rings (SSSR count). The number of benzene rings is 1. The predicted octanol–water partition coefficient (Wildman–Crippen LogP) is 5.94. The SMILES string of the molecule is CCCCCCN1C(=O)/C(=C/c2c(C)c(C#N)c(=O)n(CCCC)c2N2CCN(c3ccccc3)CC2)SC1=S. The van der Waals surface area contributed by atoms with Crippen molar-refractivity contribution in [2.45, 2.75) is 65.8 Å². The van der Waals surface area contributed by atoms with Gasteiger partial charge in [0.05, 0.1) is 4.91 Å². The van der Waals surface area contributed by atoms with Crippen molar-refractivity contribution in [3.8, 4) is 6.07 Å². The highest BCUT2D eigenvalue weighted by Gasteiger charge is 2.33. The van der Waals surface area contributed by atoms with Gasteiger partial charge in [0.1, 0.15) is 21.8 Å². The van der Waals surface area contributed by atoms with E-state index < -0.39 is 0 Å². The fraction of sp³-hybridized carbons (Fsp3) is 0.484. The smallest absolute Gasteiger partial charge is 0.270 e. The Bertz CT molecular complexity index is 1350. The van der Waals surface area contributed by atoms with Gasteiger partial charge >= 0.3 is 0 Å². The van der Waals surface area contributed by atoms with Crippen molar-refractivity contribution in [1.82, 2.24) is 9.47 Å². The van der Waals surface area contributed by atoms with E-state index in [9.17, 15) is 14.9 Å². The van der Waals surface area contributed by atoms with E-state index >= 15 is 0 Å². The third-order valence-corrected chi connectivity index (χ3v) is 9.04. The van der Waals surface area contributed by atoms with Crippen LogP contribution in [0, 0.1) is 18.3 Å². The van der Waals surface area contributed by atoms with E-state index in [1.807, 2.05) is 31.2 Å². The summed E-state index contributed by atoms with van der Waals surface area (Å²) in [5.74, 6) is 0.714. The minimum absolute atomic E-state index is 0.0874. The lowest BCUT2D eigenvalue weighted by molar-refractivity contribution is -0.122. The van der Waals surface area contributed by atoms with Crippen LogP contribution in [0.1, 0.15) is 69.1 Å². The minimum atomic E-state index is -0.255. The van der Waals surface area contributed by atoms with Gasteiger partial charge in [-0.1, -0.05) is 81.7 Å². The van der Waals surface area contributed by atoms with Crippen LogP contribution in [-0.2, 0) is 11.3 Å². The molecule has 0 saturated carbocycles. The van der Waals surface area contributed by atoms with Gasteiger partial charge in [-0.3, -0.25) is 19.1 Å². The zero-order chi connectivity index (χ0) is 28.6. The second kappa shape index (κ2) is 14.0. The molecule has 1 aromatic heterocycles. The number of aromatic nitrogens is 1. The molecule has 0 aliphatic carbocycles. The molecular weight excluding hydrogens is 539 g/mol. The molecule has 0 bridgehead atoms. The van der Waals surface area contributed by atoms with Gasteiger partial charge < -0.3 is 9.80 Å². The molecule has 2 aromatic rings. The lowest BCUT2D eigenvalue weighted by atomic mass is 10.0. The monoisotopic (exact) mass is 577 g/mol. The molecule has 0 spiro atoms. The number of piperazine rings is 1. The first kappa shape index (κ1) is 29.9. The zero-order valence-electron chi connectivity index (χ0n) is 23.8. The molecule has 212 valence electrons. The highest BCUT2D eigenvalue weighted by molar-refractivity contribution is 8.26. The first-order valence-electron chi connectivity index (χ1n) is 14.4. The van der Waals surface area contributed by atoms with E-state index in [1.54, 1.807) is 9.47 Å². The number of unbranched alkanes of at least 4 members (excludes halogenated alkanes) is 4. The predicted molar refractivity (Wildman–Crippen MR) is 170 cm³/mol. The highest BCUT2D eigenvalue weighted by atomic mass is 32.2. The number of hydrogen-bond acceptors (Lipinski definition) is 7. The molecule has 0 atom stereocenters. The molecule has 40 heavy (non-hydrogen) atoms. The summed E-state index contributed by atoms with van der Waals surface area (Å²) in [6.45, 7) is 10.3. The minimum Gasteiger partial charge on any atom is -0.368 e. The number of thioether (sulfide) groups is 1. The van der Waals surface area contributed by atoms with E-state index in [4.69, 9.17) is 12.2 Å². The van der Waals surface area contributed by atoms with Crippen LogP contribution >= 0.6 is 24.0 Å². The number of carbonyl (C=O) groups is 1. The Morgan fingerprint density at radius 1 is 0.950 bits per heavy atom. The molecule has 0 radical (unpaired) electrons. The van der Waals surface area contributed by atoms with Crippen molar-refractivity contribution in [3.63, 3.8) is 0 Å². The molecule has 0 N–H and O–H groups in total. The Hall–Kier alpha value is -3.09. The standard InChI is InChI=1S/C31H39N5O2S2/c1-4-6-8-12-16-36-30(38)27(40-31(36)39)21-25-23(3)26(22-32)29(37)35(15-7-5-2)28(25)34-19-17-33(18-20-34)24-13-10-9-11-14-24/h9-11,13-14,21H,4-8,12,15-20H2,1-3H3/b27-21-. The Labute approximate surface area is 247 Å². The molecular formula is C31H39N5O2S2. The summed E-state index contributed by atoms with van der Waals surface area (Å²) < 4.78 is 2.34. The van der Waals surface area contributed by atoms with Gasteiger partial charge in [0.2, 0.25) is 0 Å². The van der Waals surface area contributed by atoms with E-state index in [2.05, 4.69) is 41.8 Å². The summed E-state index contributed by atoms with van der Waals surface area (Å²) in [7, 11) is 0. The summed E-state index contributed by atoms with van der Waals surface area (Å²) in [5, 5.41) is 9.97. The van der Waals surface area contributed by atoms with Crippen molar-refractivity contribution in [3.05, 3.63) is 62.3 Å². The summed E-state index contributed by atoms with van der Waals surface area (Å²) in [6, 6.07) is 12.5. The number of nitrogens with zero attached hydrogens (tertiary/aromatic N) is 5. The third kappa shape index (κ3) is 6.45. The molecule has 9 heteroatoms. The fourth-order valence-corrected chi connectivity index (χ4v) is 6.63. The highest BCUT2D eigenvalue weighted by Crippen LogP contribution is 2.36. The lowest BCUT2D eigenvalue weighted by Gasteiger charge is -2.39. The van der Waals surface area contributed by atoms with Gasteiger partial charge in [0.25, 0.3) is 11.5 Å². The number of para-hydroxylation sites is 1. The number of thiocarbonyl (C=S) groups is 1. The van der Waals surface area contributed by atoms with Crippen LogP contribution in [0.25, 0.3) is 6.08 Å². The van der Waals surface area contributed by atoms with Crippen molar-refractivity contribution in [2.75, 3.05) is 42.5 Å². The third-order valence-electron chi connectivity index (χ3n) is 7.67. The van der Waals surface area contributed by atoms with Gasteiger partial charge in [-0.05, 0) is 43.5 Å². The van der Waals surface area contributed by atoms with Crippen molar-refractivity contribution >= 4 is 51.8 Å². The largest absolute Gasteiger partial charge is 0.368 e. The number of amides is 1. The quantitative estimate of drug-likeness (QED) is 0.186. The molecule has 1 aromatic carbocycles. The first-order chi connectivity index (χ1) is 19.4. The number of carbonyl (C=O) groups excluding carboxylic acids is 1. The van der Waals surface area contributed by atoms with Gasteiger partial charge in [-0.25, -0.2) is 0 Å². The second-order valence-electron chi connectivity index (χ2n) is 10.4. The summed E-state index contributed by atoms with van der Waals surface area (Å²) in [4.78, 5) is 33.9. The van der Waals surface area contributed by atoms with E-state index in [0.29, 0.717) is 27.9 Å². The number of rotatable bonds is 11. The average molecular weight is 578 g/mol. The summed E-state index contributed by atoms with van der Waals surface area (Å²) in [5.41, 5.74) is 2.46. The molecule has 7 nitrogen and oxygen atoms in total. The first-order valence-corrected chi connectivity index (χ1v) is 15.6.